The van der Waals surface area contributed by atoms with Crippen LogP contribution in [-0.2, 0) is 0 Å². The number of rotatable bonds is 1. The number of hydrogen-bond acceptors (Lipinski definition) is 0. The van der Waals surface area contributed by atoms with Crippen molar-refractivity contribution in [3.8, 4) is 0 Å². The standard InChI is InChI=1S/C5H9F/c1-2-4-3-5(4)6/h4-5H,2-3H2,1H3/t4?,5-/m0/s1. The first-order valence-electron chi connectivity index (χ1n) is 2.48. The summed E-state index contributed by atoms with van der Waals surface area (Å²) in [4.78, 5) is 0. The van der Waals surface area contributed by atoms with Gasteiger partial charge in [0.2, 0.25) is 0 Å². The summed E-state index contributed by atoms with van der Waals surface area (Å²) in [7, 11) is 0. The first-order valence-corrected chi connectivity index (χ1v) is 2.48. The van der Waals surface area contributed by atoms with Gasteiger partial charge in [-0.3, -0.25) is 0 Å². The second-order valence-corrected chi connectivity index (χ2v) is 1.92. The lowest BCUT2D eigenvalue weighted by Crippen LogP contribution is -1.72. The molecule has 0 saturated heterocycles. The van der Waals surface area contributed by atoms with E-state index in [1.807, 2.05) is 6.92 Å². The highest BCUT2D eigenvalue weighted by molar-refractivity contribution is 4.84. The van der Waals surface area contributed by atoms with E-state index >= 15 is 0 Å². The summed E-state index contributed by atoms with van der Waals surface area (Å²) in [5, 5.41) is 0. The molecule has 0 aliphatic heterocycles. The van der Waals surface area contributed by atoms with E-state index in [0.29, 0.717) is 5.92 Å². The Morgan fingerprint density at radius 1 is 1.83 bits per heavy atom. The molecular formula is C5H9F. The second-order valence-electron chi connectivity index (χ2n) is 1.92. The van der Waals surface area contributed by atoms with Crippen molar-refractivity contribution in [3.63, 3.8) is 0 Å². The van der Waals surface area contributed by atoms with Gasteiger partial charge in [0.25, 0.3) is 0 Å². The fraction of sp³-hybridized carbons (Fsp3) is 1.00. The van der Waals surface area contributed by atoms with Crippen molar-refractivity contribution >= 4 is 0 Å². The lowest BCUT2D eigenvalue weighted by molar-refractivity contribution is 0.442. The molecule has 0 bridgehead atoms. The molecule has 0 N–H and O–H groups in total. The molecule has 36 valence electrons. The van der Waals surface area contributed by atoms with Crippen LogP contribution in [0.1, 0.15) is 19.8 Å². The van der Waals surface area contributed by atoms with E-state index in [9.17, 15) is 4.39 Å². The van der Waals surface area contributed by atoms with Gasteiger partial charge < -0.3 is 0 Å². The Morgan fingerprint density at radius 2 is 2.33 bits per heavy atom. The molecule has 0 spiro atoms. The van der Waals surface area contributed by atoms with Gasteiger partial charge in [-0.05, 0) is 12.3 Å². The molecule has 0 nitrogen and oxygen atoms in total. The summed E-state index contributed by atoms with van der Waals surface area (Å²) in [6.45, 7) is 2.03. The summed E-state index contributed by atoms with van der Waals surface area (Å²) in [6.07, 6.45) is 1.42. The third-order valence-electron chi connectivity index (χ3n) is 1.36. The Bertz CT molecular complexity index is 49.9. The molecule has 0 aromatic rings. The Hall–Kier alpha value is -0.0700. The smallest absolute Gasteiger partial charge is 0.103 e. The third kappa shape index (κ3) is 0.537. The minimum atomic E-state index is -0.435. The Kier molecular flexibility index (Phi) is 0.827. The van der Waals surface area contributed by atoms with Crippen LogP contribution in [0.2, 0.25) is 0 Å². The zero-order valence-corrected chi connectivity index (χ0v) is 3.95. The summed E-state index contributed by atoms with van der Waals surface area (Å²) < 4.78 is 11.8. The predicted molar refractivity (Wildman–Crippen MR) is 23.3 cm³/mol. The Morgan fingerprint density at radius 3 is 2.33 bits per heavy atom. The molecule has 0 amide bonds. The van der Waals surface area contributed by atoms with Crippen molar-refractivity contribution in [1.29, 1.82) is 0 Å². The molecule has 1 rings (SSSR count). The van der Waals surface area contributed by atoms with E-state index in [1.165, 1.54) is 0 Å². The molecule has 1 aliphatic carbocycles. The van der Waals surface area contributed by atoms with Crippen LogP contribution in [0.3, 0.4) is 0 Å². The highest BCUT2D eigenvalue weighted by atomic mass is 19.1. The average molecular weight is 88.1 g/mol. The van der Waals surface area contributed by atoms with E-state index in [1.54, 1.807) is 0 Å². The maximum Gasteiger partial charge on any atom is 0.103 e. The molecule has 1 aliphatic rings. The molecule has 1 heteroatoms. The topological polar surface area (TPSA) is 0 Å². The fourth-order valence-corrected chi connectivity index (χ4v) is 0.633. The van der Waals surface area contributed by atoms with Crippen LogP contribution in [0.5, 0.6) is 0 Å². The predicted octanol–water partition coefficient (Wildman–Crippen LogP) is 1.75. The van der Waals surface area contributed by atoms with Gasteiger partial charge in [-0.2, -0.15) is 0 Å². The Labute approximate surface area is 37.4 Å². The van der Waals surface area contributed by atoms with Gasteiger partial charge in [0.1, 0.15) is 6.17 Å². The normalized spacial score (nSPS) is 43.0. The van der Waals surface area contributed by atoms with E-state index in [-0.39, 0.29) is 0 Å². The van der Waals surface area contributed by atoms with Crippen molar-refractivity contribution < 1.29 is 4.39 Å². The molecule has 0 radical (unpaired) electrons. The van der Waals surface area contributed by atoms with E-state index in [2.05, 4.69) is 0 Å². The quantitative estimate of drug-likeness (QED) is 0.458. The highest BCUT2D eigenvalue weighted by Crippen LogP contribution is 2.35. The molecule has 1 fully saturated rings. The zero-order valence-electron chi connectivity index (χ0n) is 3.95. The van der Waals surface area contributed by atoms with Crippen LogP contribution in [0.25, 0.3) is 0 Å². The maximum absolute atomic E-state index is 11.8. The van der Waals surface area contributed by atoms with E-state index < -0.39 is 6.17 Å². The summed E-state index contributed by atoms with van der Waals surface area (Å²) in [6, 6.07) is 0. The minimum absolute atomic E-state index is 0.435. The average Bonchev–Trinajstić information content (AvgIpc) is 2.19. The molecule has 1 unspecified atom stereocenters. The lowest BCUT2D eigenvalue weighted by Gasteiger charge is -1.76. The van der Waals surface area contributed by atoms with E-state index in [4.69, 9.17) is 0 Å². The van der Waals surface area contributed by atoms with Gasteiger partial charge in [0.05, 0.1) is 0 Å². The minimum Gasteiger partial charge on any atom is -0.247 e. The maximum atomic E-state index is 11.8. The van der Waals surface area contributed by atoms with Crippen LogP contribution in [0, 0.1) is 5.92 Å². The third-order valence-corrected chi connectivity index (χ3v) is 1.36. The van der Waals surface area contributed by atoms with Crippen LogP contribution < -0.4 is 0 Å². The van der Waals surface area contributed by atoms with Gasteiger partial charge in [0.15, 0.2) is 0 Å². The fourth-order valence-electron chi connectivity index (χ4n) is 0.633. The summed E-state index contributed by atoms with van der Waals surface area (Å²) in [5.74, 6) is 0.435. The van der Waals surface area contributed by atoms with Crippen molar-refractivity contribution in [3.05, 3.63) is 0 Å². The monoisotopic (exact) mass is 88.1 g/mol. The second kappa shape index (κ2) is 1.21. The summed E-state index contributed by atoms with van der Waals surface area (Å²) >= 11 is 0. The first-order chi connectivity index (χ1) is 2.84. The van der Waals surface area contributed by atoms with E-state index in [0.717, 1.165) is 12.8 Å². The van der Waals surface area contributed by atoms with Gasteiger partial charge in [-0.1, -0.05) is 13.3 Å². The number of hydrogen-bond donors (Lipinski definition) is 0. The molecule has 0 heterocycles. The SMILES string of the molecule is CCC1C[C@@H]1F. The van der Waals surface area contributed by atoms with Gasteiger partial charge >= 0.3 is 0 Å². The van der Waals surface area contributed by atoms with Crippen molar-refractivity contribution in [2.75, 3.05) is 0 Å². The van der Waals surface area contributed by atoms with Gasteiger partial charge in [-0.25, -0.2) is 4.39 Å². The van der Waals surface area contributed by atoms with Gasteiger partial charge in [-0.15, -0.1) is 0 Å². The van der Waals surface area contributed by atoms with Gasteiger partial charge in [0, 0.05) is 0 Å². The van der Waals surface area contributed by atoms with Crippen LogP contribution in [-0.4, -0.2) is 6.17 Å². The molecule has 0 aromatic heterocycles. The Balaban J connectivity index is 2.09. The lowest BCUT2D eigenvalue weighted by atomic mass is 10.3. The molecular weight excluding hydrogens is 79.1 g/mol. The van der Waals surface area contributed by atoms with Crippen molar-refractivity contribution in [1.82, 2.24) is 0 Å². The van der Waals surface area contributed by atoms with Crippen molar-refractivity contribution in [2.24, 2.45) is 5.92 Å². The molecule has 6 heavy (non-hydrogen) atoms. The van der Waals surface area contributed by atoms with Crippen LogP contribution >= 0.6 is 0 Å². The largest absolute Gasteiger partial charge is 0.247 e. The van der Waals surface area contributed by atoms with Crippen LogP contribution in [0.4, 0.5) is 4.39 Å². The zero-order chi connectivity index (χ0) is 4.57. The highest BCUT2D eigenvalue weighted by Gasteiger charge is 2.34. The van der Waals surface area contributed by atoms with Crippen LogP contribution in [0.15, 0.2) is 0 Å². The summed E-state index contributed by atoms with van der Waals surface area (Å²) in [5.41, 5.74) is 0. The van der Waals surface area contributed by atoms with Crippen molar-refractivity contribution in [2.45, 2.75) is 25.9 Å². The number of halogens is 1. The molecule has 1 saturated carbocycles. The first kappa shape index (κ1) is 4.10. The molecule has 0 aromatic carbocycles. The molecule has 2 atom stereocenters. The number of alkyl halides is 1.